The second-order valence-electron chi connectivity index (χ2n) is 9.47. The van der Waals surface area contributed by atoms with Crippen molar-refractivity contribution in [1.82, 2.24) is 29.8 Å². The van der Waals surface area contributed by atoms with Crippen LogP contribution in [0.5, 0.6) is 5.75 Å². The van der Waals surface area contributed by atoms with Crippen LogP contribution in [0.2, 0.25) is 0 Å². The topological polar surface area (TPSA) is 67.6 Å². The molecule has 0 radical (unpaired) electrons. The largest absolute Gasteiger partial charge is 0.489 e. The zero-order valence-electron chi connectivity index (χ0n) is 20.5. The molecule has 196 valence electrons. The normalized spacial score (nSPS) is 17.8. The van der Waals surface area contributed by atoms with E-state index >= 15 is 0 Å². The van der Waals surface area contributed by atoms with Gasteiger partial charge in [-0.05, 0) is 44.0 Å². The molecule has 0 saturated carbocycles. The number of hydrogen-bond acceptors (Lipinski definition) is 6. The molecule has 2 unspecified atom stereocenters. The summed E-state index contributed by atoms with van der Waals surface area (Å²) in [4.78, 5) is 6.13. The van der Waals surface area contributed by atoms with Crippen molar-refractivity contribution in [3.05, 3.63) is 54.2 Å². The van der Waals surface area contributed by atoms with Crippen LogP contribution in [-0.4, -0.2) is 69.1 Å². The van der Waals surface area contributed by atoms with Gasteiger partial charge >= 0.3 is 6.18 Å². The van der Waals surface area contributed by atoms with Gasteiger partial charge in [0.05, 0.1) is 6.10 Å². The van der Waals surface area contributed by atoms with Crippen LogP contribution in [-0.2, 0) is 0 Å². The van der Waals surface area contributed by atoms with Crippen LogP contribution in [0.3, 0.4) is 0 Å². The van der Waals surface area contributed by atoms with Gasteiger partial charge < -0.3 is 10.1 Å². The van der Waals surface area contributed by atoms with Gasteiger partial charge in [0, 0.05) is 37.3 Å². The highest BCUT2D eigenvalue weighted by Crippen LogP contribution is 2.40. The maximum absolute atomic E-state index is 14.3. The summed E-state index contributed by atoms with van der Waals surface area (Å²) in [6.07, 6.45) is -2.59. The fourth-order valence-electron chi connectivity index (χ4n) is 4.89. The summed E-state index contributed by atoms with van der Waals surface area (Å²) in [5, 5.41) is 12.2. The Morgan fingerprint density at radius 3 is 2.70 bits per heavy atom. The van der Waals surface area contributed by atoms with Crippen molar-refractivity contribution < 1.29 is 22.3 Å². The lowest BCUT2D eigenvalue weighted by atomic mass is 10.1. The van der Waals surface area contributed by atoms with Crippen LogP contribution in [0.1, 0.15) is 31.9 Å². The van der Waals surface area contributed by atoms with Crippen LogP contribution < -0.4 is 10.1 Å². The number of likely N-dealkylation sites (tertiary alicyclic amines) is 1. The number of benzene rings is 1. The third kappa shape index (κ3) is 5.24. The van der Waals surface area contributed by atoms with E-state index in [0.29, 0.717) is 34.9 Å². The molecule has 3 aromatic heterocycles. The van der Waals surface area contributed by atoms with Crippen molar-refractivity contribution in [2.75, 3.05) is 26.3 Å². The van der Waals surface area contributed by atoms with Gasteiger partial charge in [0.25, 0.3) is 0 Å². The summed E-state index contributed by atoms with van der Waals surface area (Å²) in [6, 6.07) is 10.3. The predicted molar refractivity (Wildman–Crippen MR) is 132 cm³/mol. The first-order valence-corrected chi connectivity index (χ1v) is 12.3. The van der Waals surface area contributed by atoms with Gasteiger partial charge in [-0.25, -0.2) is 9.37 Å². The van der Waals surface area contributed by atoms with E-state index in [0.717, 1.165) is 5.39 Å². The lowest BCUT2D eigenvalue weighted by molar-refractivity contribution is -0.184. The van der Waals surface area contributed by atoms with E-state index in [9.17, 15) is 17.6 Å². The first-order chi connectivity index (χ1) is 17.7. The molecule has 11 heteroatoms. The zero-order valence-corrected chi connectivity index (χ0v) is 20.5. The van der Waals surface area contributed by atoms with Crippen molar-refractivity contribution >= 4 is 16.6 Å². The molecular weight excluding hydrogens is 488 g/mol. The van der Waals surface area contributed by atoms with E-state index in [1.165, 1.54) is 23.2 Å². The molecule has 0 bridgehead atoms. The molecule has 1 fully saturated rings. The van der Waals surface area contributed by atoms with Crippen molar-refractivity contribution in [2.24, 2.45) is 0 Å². The van der Waals surface area contributed by atoms with Crippen molar-refractivity contribution in [3.63, 3.8) is 0 Å². The van der Waals surface area contributed by atoms with Crippen molar-refractivity contribution in [1.29, 1.82) is 0 Å². The van der Waals surface area contributed by atoms with Gasteiger partial charge in [-0.2, -0.15) is 13.2 Å². The molecule has 4 aromatic rings. The number of rotatable bonds is 8. The Labute approximate surface area is 211 Å². The molecule has 1 aliphatic rings. The minimum atomic E-state index is -4.50. The standard InChI is InChI=1S/C26H28F4N6O/c1-16(2)37-21-5-3-4-17-6-8-20(32-23(17)21)25-34-33-22-9-7-18(14-36(22)25)24(26(28,29)30)35-13-10-19(15-35)31-12-11-27/h3-9,14,16,19,24,31H,10-13,15H2,1-2H3. The van der Waals surface area contributed by atoms with Crippen LogP contribution in [0.25, 0.3) is 28.1 Å². The highest BCUT2D eigenvalue weighted by molar-refractivity contribution is 5.86. The molecule has 4 heterocycles. The number of para-hydroxylation sites is 1. The van der Waals surface area contributed by atoms with E-state index < -0.39 is 18.9 Å². The summed E-state index contributed by atoms with van der Waals surface area (Å²) in [6.45, 7) is 3.86. The first-order valence-electron chi connectivity index (χ1n) is 12.3. The molecule has 7 nitrogen and oxygen atoms in total. The predicted octanol–water partition coefficient (Wildman–Crippen LogP) is 4.97. The summed E-state index contributed by atoms with van der Waals surface area (Å²) < 4.78 is 62.9. The van der Waals surface area contributed by atoms with Gasteiger partial charge in [0.15, 0.2) is 11.5 Å². The highest BCUT2D eigenvalue weighted by Gasteiger charge is 2.46. The minimum absolute atomic E-state index is 0.0517. The number of ether oxygens (including phenoxy) is 1. The molecule has 0 amide bonds. The number of alkyl halides is 4. The second-order valence-corrected chi connectivity index (χ2v) is 9.47. The molecule has 1 aliphatic heterocycles. The number of halogens is 4. The van der Waals surface area contributed by atoms with E-state index in [2.05, 4.69) is 15.5 Å². The summed E-state index contributed by atoms with van der Waals surface area (Å²) in [5.74, 6) is 0.953. The molecule has 37 heavy (non-hydrogen) atoms. The SMILES string of the molecule is CC(C)Oc1cccc2ccc(-c3nnc4ccc(C(N5CCC(NCCF)C5)C(F)(F)F)cn34)nc12. The Balaban J connectivity index is 1.53. The third-order valence-corrected chi connectivity index (χ3v) is 6.44. The van der Waals surface area contributed by atoms with E-state index in [1.807, 2.05) is 38.1 Å². The molecule has 1 saturated heterocycles. The number of fused-ring (bicyclic) bond motifs is 2. The monoisotopic (exact) mass is 516 g/mol. The van der Waals surface area contributed by atoms with Crippen molar-refractivity contribution in [2.45, 2.75) is 44.6 Å². The third-order valence-electron chi connectivity index (χ3n) is 6.44. The van der Waals surface area contributed by atoms with E-state index in [-0.39, 0.29) is 37.3 Å². The van der Waals surface area contributed by atoms with Crippen LogP contribution in [0.15, 0.2) is 48.7 Å². The number of nitrogens with zero attached hydrogens (tertiary/aromatic N) is 5. The van der Waals surface area contributed by atoms with Gasteiger partial charge in [0.2, 0.25) is 0 Å². The zero-order chi connectivity index (χ0) is 26.2. The Kier molecular flexibility index (Phi) is 7.00. The lowest BCUT2D eigenvalue weighted by Crippen LogP contribution is -2.40. The Morgan fingerprint density at radius 2 is 1.95 bits per heavy atom. The Hall–Kier alpha value is -3.31. The average molecular weight is 517 g/mol. The maximum Gasteiger partial charge on any atom is 0.408 e. The molecule has 0 aliphatic carbocycles. The van der Waals surface area contributed by atoms with Gasteiger partial charge in [-0.1, -0.05) is 24.3 Å². The van der Waals surface area contributed by atoms with Crippen LogP contribution in [0.4, 0.5) is 17.6 Å². The first kappa shape index (κ1) is 25.3. The average Bonchev–Trinajstić information content (AvgIpc) is 3.48. The summed E-state index contributed by atoms with van der Waals surface area (Å²) in [7, 11) is 0. The Morgan fingerprint density at radius 1 is 1.11 bits per heavy atom. The Bertz CT molecular complexity index is 1390. The van der Waals surface area contributed by atoms with Crippen LogP contribution in [0, 0.1) is 0 Å². The summed E-state index contributed by atoms with van der Waals surface area (Å²) in [5.41, 5.74) is 1.60. The minimum Gasteiger partial charge on any atom is -0.489 e. The summed E-state index contributed by atoms with van der Waals surface area (Å²) >= 11 is 0. The van der Waals surface area contributed by atoms with E-state index in [1.54, 1.807) is 10.5 Å². The number of pyridine rings is 2. The molecule has 5 rings (SSSR count). The number of nitrogens with one attached hydrogen (secondary N) is 1. The van der Waals surface area contributed by atoms with Gasteiger partial charge in [0.1, 0.15) is 29.7 Å². The second kappa shape index (κ2) is 10.2. The highest BCUT2D eigenvalue weighted by atomic mass is 19.4. The fourth-order valence-corrected chi connectivity index (χ4v) is 4.89. The fraction of sp³-hybridized carbons (Fsp3) is 0.423. The maximum atomic E-state index is 14.3. The van der Waals surface area contributed by atoms with Crippen molar-refractivity contribution in [3.8, 4) is 17.3 Å². The molecule has 1 N–H and O–H groups in total. The molecule has 0 spiro atoms. The number of hydrogen-bond donors (Lipinski definition) is 1. The smallest absolute Gasteiger partial charge is 0.408 e. The lowest BCUT2D eigenvalue weighted by Gasteiger charge is -2.30. The van der Waals surface area contributed by atoms with E-state index in [4.69, 9.17) is 9.72 Å². The molecule has 2 atom stereocenters. The molecular formula is C26H28F4N6O. The van der Waals surface area contributed by atoms with Gasteiger partial charge in [-0.15, -0.1) is 10.2 Å². The number of aromatic nitrogens is 4. The van der Waals surface area contributed by atoms with Gasteiger partial charge in [-0.3, -0.25) is 9.30 Å². The molecule has 1 aromatic carbocycles. The van der Waals surface area contributed by atoms with Crippen LogP contribution >= 0.6 is 0 Å². The quantitative estimate of drug-likeness (QED) is 0.334.